The van der Waals surface area contributed by atoms with Crippen LogP contribution in [0.15, 0.2) is 60.8 Å². The summed E-state index contributed by atoms with van der Waals surface area (Å²) in [6.45, 7) is 9.27. The van der Waals surface area contributed by atoms with Crippen molar-refractivity contribution in [2.75, 3.05) is 30.8 Å². The highest BCUT2D eigenvalue weighted by molar-refractivity contribution is 6.32. The summed E-state index contributed by atoms with van der Waals surface area (Å²) in [5.74, 6) is 1.63. The quantitative estimate of drug-likeness (QED) is 0.258. The molecule has 1 aliphatic heterocycles. The van der Waals surface area contributed by atoms with Crippen LogP contribution in [0.4, 0.5) is 11.6 Å². The Hall–Kier alpha value is -4.50. The van der Waals surface area contributed by atoms with Gasteiger partial charge in [-0.2, -0.15) is 0 Å². The number of nitrogens with one attached hydrogen (secondary N) is 1. The van der Waals surface area contributed by atoms with Gasteiger partial charge < -0.3 is 20.7 Å². The van der Waals surface area contributed by atoms with Crippen LogP contribution in [-0.2, 0) is 0 Å². The van der Waals surface area contributed by atoms with Crippen molar-refractivity contribution in [1.29, 1.82) is 0 Å². The van der Waals surface area contributed by atoms with Gasteiger partial charge >= 0.3 is 0 Å². The number of carbonyl (C=O) groups excluding carboxylic acids is 1. The van der Waals surface area contributed by atoms with E-state index in [0.717, 1.165) is 51.2 Å². The second-order valence-electron chi connectivity index (χ2n) is 10.1. The average Bonchev–Trinajstić information content (AvgIpc) is 3.02. The van der Waals surface area contributed by atoms with Crippen molar-refractivity contribution in [1.82, 2.24) is 25.3 Å². The summed E-state index contributed by atoms with van der Waals surface area (Å²) in [5.41, 5.74) is 14.4. The molecule has 0 fully saturated rings. The monoisotopic (exact) mass is 583 g/mol. The van der Waals surface area contributed by atoms with E-state index in [1.807, 2.05) is 38.1 Å². The first-order valence-corrected chi connectivity index (χ1v) is 14.3. The zero-order valence-corrected chi connectivity index (χ0v) is 25.2. The highest BCUT2D eigenvalue weighted by Gasteiger charge is 2.33. The van der Waals surface area contributed by atoms with Gasteiger partial charge in [0.15, 0.2) is 0 Å². The fourth-order valence-electron chi connectivity index (χ4n) is 5.53. The van der Waals surface area contributed by atoms with Gasteiger partial charge in [-0.1, -0.05) is 24.6 Å². The van der Waals surface area contributed by atoms with Crippen LogP contribution in [0.5, 0.6) is 5.75 Å². The number of fused-ring (bicyclic) bond motifs is 1. The molecule has 3 aromatic heterocycles. The van der Waals surface area contributed by atoms with Crippen LogP contribution >= 0.6 is 11.6 Å². The highest BCUT2D eigenvalue weighted by Crippen LogP contribution is 2.48. The fourth-order valence-corrected chi connectivity index (χ4v) is 5.75. The normalized spacial score (nSPS) is 13.5. The third-order valence-corrected chi connectivity index (χ3v) is 8.10. The van der Waals surface area contributed by atoms with E-state index < -0.39 is 0 Å². The molecule has 0 saturated carbocycles. The second kappa shape index (κ2) is 12.2. The molecule has 9 nitrogen and oxygen atoms in total. The Morgan fingerprint density at radius 1 is 1.12 bits per heavy atom. The largest absolute Gasteiger partial charge is 0.493 e. The molecule has 3 N–H and O–H groups in total. The van der Waals surface area contributed by atoms with E-state index in [2.05, 4.69) is 39.0 Å². The van der Waals surface area contributed by atoms with Gasteiger partial charge in [0.25, 0.3) is 5.91 Å². The Balaban J connectivity index is 1.67. The first kappa shape index (κ1) is 29.0. The molecule has 0 radical (unpaired) electrons. The molecule has 10 heteroatoms. The van der Waals surface area contributed by atoms with E-state index in [9.17, 15) is 4.79 Å². The summed E-state index contributed by atoms with van der Waals surface area (Å²) in [4.78, 5) is 32.0. The van der Waals surface area contributed by atoms with Crippen LogP contribution in [0.3, 0.4) is 0 Å². The molecule has 1 unspecified atom stereocenters. The maximum Gasteiger partial charge on any atom is 0.269 e. The lowest BCUT2D eigenvalue weighted by Crippen LogP contribution is -2.34. The molecule has 1 aliphatic rings. The standard InChI is InChI=1S/C32H34ClN7O2/c1-6-20-16-40(31-28(30(34)38-17-39-31)27(20)21-10-12-36-13-11-21)19(4)23-14-24(33)18(3)26(29(23)42-7-2)22-8-9-25(37-15-22)32(41)35-5/h8-15,17,19H,6-7,16H2,1-5H3,(H,35,41)(H2,34,38,39). The van der Waals surface area contributed by atoms with Crippen molar-refractivity contribution in [2.45, 2.75) is 40.2 Å². The number of nitrogens with two attached hydrogens (primary N) is 1. The lowest BCUT2D eigenvalue weighted by Gasteiger charge is -2.38. The van der Waals surface area contributed by atoms with Gasteiger partial charge in [-0.15, -0.1) is 0 Å². The summed E-state index contributed by atoms with van der Waals surface area (Å²) >= 11 is 6.89. The van der Waals surface area contributed by atoms with Crippen LogP contribution < -0.4 is 20.7 Å². The number of pyridine rings is 2. The molecule has 1 aromatic carbocycles. The van der Waals surface area contributed by atoms with E-state index >= 15 is 0 Å². The topological polar surface area (TPSA) is 119 Å². The van der Waals surface area contributed by atoms with Gasteiger partial charge in [-0.05, 0) is 73.7 Å². The molecule has 216 valence electrons. The predicted molar refractivity (Wildman–Crippen MR) is 167 cm³/mol. The number of hydrogen-bond acceptors (Lipinski definition) is 8. The van der Waals surface area contributed by atoms with Crippen LogP contribution in [0.25, 0.3) is 16.7 Å². The van der Waals surface area contributed by atoms with E-state index in [-0.39, 0.29) is 11.9 Å². The number of anilines is 2. The summed E-state index contributed by atoms with van der Waals surface area (Å²) in [5, 5.41) is 3.21. The molecular weight excluding hydrogens is 550 g/mol. The SMILES string of the molecule is CCOc1c(C(C)N2CC(CC)=C(c3ccncc3)c3c(N)ncnc32)cc(Cl)c(C)c1-c1ccc(C(=O)NC)nc1. The lowest BCUT2D eigenvalue weighted by molar-refractivity contribution is 0.0958. The zero-order chi connectivity index (χ0) is 30.0. The summed E-state index contributed by atoms with van der Waals surface area (Å²) in [7, 11) is 1.58. The molecule has 0 spiro atoms. The van der Waals surface area contributed by atoms with Gasteiger partial charge in [0, 0.05) is 53.9 Å². The molecule has 5 rings (SSSR count). The summed E-state index contributed by atoms with van der Waals surface area (Å²) in [6.07, 6.45) is 7.57. The minimum atomic E-state index is -0.250. The lowest BCUT2D eigenvalue weighted by atomic mass is 9.87. The van der Waals surface area contributed by atoms with Crippen LogP contribution in [0.2, 0.25) is 5.02 Å². The molecule has 4 heterocycles. The zero-order valence-electron chi connectivity index (χ0n) is 24.4. The Labute approximate surface area is 250 Å². The van der Waals surface area contributed by atoms with Crippen LogP contribution in [0, 0.1) is 6.92 Å². The van der Waals surface area contributed by atoms with Gasteiger partial charge in [0.2, 0.25) is 0 Å². The number of nitrogens with zero attached hydrogens (tertiary/aromatic N) is 5. The van der Waals surface area contributed by atoms with Gasteiger partial charge in [0.1, 0.15) is 29.4 Å². The number of benzene rings is 1. The average molecular weight is 584 g/mol. The van der Waals surface area contributed by atoms with Crippen molar-refractivity contribution in [3.8, 4) is 16.9 Å². The number of halogens is 1. The fraction of sp³-hybridized carbons (Fsp3) is 0.281. The predicted octanol–water partition coefficient (Wildman–Crippen LogP) is 6.03. The molecule has 0 bridgehead atoms. The molecular formula is C32H34ClN7O2. The molecule has 1 atom stereocenters. The third kappa shape index (κ3) is 5.16. The van der Waals surface area contributed by atoms with Crippen molar-refractivity contribution >= 4 is 34.7 Å². The van der Waals surface area contributed by atoms with Crippen molar-refractivity contribution < 1.29 is 9.53 Å². The molecule has 1 amide bonds. The smallest absolute Gasteiger partial charge is 0.269 e. The maximum absolute atomic E-state index is 12.1. The minimum absolute atomic E-state index is 0.199. The van der Waals surface area contributed by atoms with Crippen LogP contribution in [0.1, 0.15) is 66.0 Å². The van der Waals surface area contributed by atoms with Gasteiger partial charge in [0.05, 0.1) is 18.2 Å². The van der Waals surface area contributed by atoms with Crippen molar-refractivity contribution in [2.24, 2.45) is 0 Å². The summed E-state index contributed by atoms with van der Waals surface area (Å²) < 4.78 is 6.36. The molecule has 42 heavy (non-hydrogen) atoms. The maximum atomic E-state index is 12.1. The number of hydrogen-bond donors (Lipinski definition) is 2. The minimum Gasteiger partial charge on any atom is -0.493 e. The molecule has 4 aromatic rings. The van der Waals surface area contributed by atoms with Crippen LogP contribution in [-0.4, -0.2) is 46.0 Å². The van der Waals surface area contributed by atoms with Gasteiger partial charge in [-0.3, -0.25) is 14.8 Å². The number of rotatable bonds is 8. The Morgan fingerprint density at radius 2 is 1.88 bits per heavy atom. The Morgan fingerprint density at radius 3 is 2.52 bits per heavy atom. The van der Waals surface area contributed by atoms with E-state index in [4.69, 9.17) is 27.1 Å². The number of nitrogen functional groups attached to an aromatic ring is 1. The Kier molecular flexibility index (Phi) is 8.40. The number of aromatic nitrogens is 4. The number of carbonyl (C=O) groups is 1. The van der Waals surface area contributed by atoms with Crippen molar-refractivity contribution in [3.05, 3.63) is 93.8 Å². The van der Waals surface area contributed by atoms with E-state index in [1.54, 1.807) is 31.7 Å². The third-order valence-electron chi connectivity index (χ3n) is 7.71. The molecule has 0 saturated heterocycles. The number of ether oxygens (including phenoxy) is 1. The first-order chi connectivity index (χ1) is 20.3. The summed E-state index contributed by atoms with van der Waals surface area (Å²) in [6, 6.07) is 9.32. The first-order valence-electron chi connectivity index (χ1n) is 13.9. The highest BCUT2D eigenvalue weighted by atomic mass is 35.5. The number of amides is 1. The van der Waals surface area contributed by atoms with E-state index in [1.165, 1.54) is 11.9 Å². The Bertz CT molecular complexity index is 1660. The van der Waals surface area contributed by atoms with E-state index in [0.29, 0.717) is 35.4 Å². The molecule has 0 aliphatic carbocycles. The van der Waals surface area contributed by atoms with Gasteiger partial charge in [-0.25, -0.2) is 9.97 Å². The second-order valence-corrected chi connectivity index (χ2v) is 10.5. The van der Waals surface area contributed by atoms with Crippen molar-refractivity contribution in [3.63, 3.8) is 0 Å².